The Morgan fingerprint density at radius 1 is 1.08 bits per heavy atom. The SMILES string of the molecule is C/C=C/C(=O)Nc1cc(C(=O)Nc2ccc(F)c(C)c2)c(Br)cc1F. The van der Waals surface area contributed by atoms with E-state index in [1.165, 1.54) is 36.4 Å². The molecule has 0 heterocycles. The van der Waals surface area contributed by atoms with Crippen LogP contribution in [0, 0.1) is 18.6 Å². The lowest BCUT2D eigenvalue weighted by atomic mass is 10.1. The van der Waals surface area contributed by atoms with Gasteiger partial charge in [0.1, 0.15) is 11.6 Å². The number of allylic oxidation sites excluding steroid dienone is 1. The number of halogens is 3. The van der Waals surface area contributed by atoms with Gasteiger partial charge in [0.25, 0.3) is 5.91 Å². The lowest BCUT2D eigenvalue weighted by Gasteiger charge is -2.11. The van der Waals surface area contributed by atoms with Gasteiger partial charge >= 0.3 is 0 Å². The number of amides is 2. The standard InChI is InChI=1S/C18H15BrF2N2O2/c1-3-4-17(24)23-16-8-12(13(19)9-15(16)21)18(25)22-11-5-6-14(20)10(2)7-11/h3-9H,1-2H3,(H,22,25)(H,23,24)/b4-3+. The van der Waals surface area contributed by atoms with Crippen molar-refractivity contribution in [3.63, 3.8) is 0 Å². The Kier molecular flexibility index (Phi) is 6.03. The Hall–Kier alpha value is -2.54. The molecule has 0 aromatic heterocycles. The molecule has 0 fully saturated rings. The molecule has 0 unspecified atom stereocenters. The van der Waals surface area contributed by atoms with Gasteiger partial charge in [-0.05, 0) is 71.7 Å². The van der Waals surface area contributed by atoms with E-state index in [9.17, 15) is 18.4 Å². The molecule has 0 radical (unpaired) electrons. The molecule has 0 aliphatic heterocycles. The highest BCUT2D eigenvalue weighted by atomic mass is 79.9. The van der Waals surface area contributed by atoms with Crippen molar-refractivity contribution < 1.29 is 18.4 Å². The molecule has 2 N–H and O–H groups in total. The third-order valence-corrected chi connectivity index (χ3v) is 3.95. The molecule has 4 nitrogen and oxygen atoms in total. The topological polar surface area (TPSA) is 58.2 Å². The summed E-state index contributed by atoms with van der Waals surface area (Å²) in [5, 5.41) is 4.97. The summed E-state index contributed by atoms with van der Waals surface area (Å²) in [6.07, 6.45) is 2.75. The van der Waals surface area contributed by atoms with Crippen LogP contribution >= 0.6 is 15.9 Å². The third-order valence-electron chi connectivity index (χ3n) is 3.29. The number of rotatable bonds is 4. The quantitative estimate of drug-likeness (QED) is 0.713. The zero-order chi connectivity index (χ0) is 18.6. The minimum absolute atomic E-state index is 0.119. The van der Waals surface area contributed by atoms with Crippen LogP contribution in [-0.2, 0) is 4.79 Å². The number of hydrogen-bond donors (Lipinski definition) is 2. The van der Waals surface area contributed by atoms with Gasteiger partial charge < -0.3 is 10.6 Å². The van der Waals surface area contributed by atoms with Crippen LogP contribution in [0.25, 0.3) is 0 Å². The first-order valence-corrected chi connectivity index (χ1v) is 8.11. The predicted molar refractivity (Wildman–Crippen MR) is 96.6 cm³/mol. The number of anilines is 2. The molecule has 0 atom stereocenters. The van der Waals surface area contributed by atoms with Gasteiger partial charge in [0.05, 0.1) is 11.3 Å². The number of carbonyl (C=O) groups excluding carboxylic acids is 2. The van der Waals surface area contributed by atoms with Crippen LogP contribution in [0.2, 0.25) is 0 Å². The Morgan fingerprint density at radius 3 is 2.44 bits per heavy atom. The molecular weight excluding hydrogens is 394 g/mol. The van der Waals surface area contributed by atoms with Crippen LogP contribution < -0.4 is 10.6 Å². The summed E-state index contributed by atoms with van der Waals surface area (Å²) in [5.74, 6) is -2.10. The molecule has 2 rings (SSSR count). The predicted octanol–water partition coefficient (Wildman–Crippen LogP) is 4.80. The highest BCUT2D eigenvalue weighted by Crippen LogP contribution is 2.26. The first-order chi connectivity index (χ1) is 11.8. The summed E-state index contributed by atoms with van der Waals surface area (Å²) in [7, 11) is 0. The molecule has 0 saturated carbocycles. The van der Waals surface area contributed by atoms with Gasteiger partial charge in [-0.1, -0.05) is 6.08 Å². The monoisotopic (exact) mass is 408 g/mol. The molecule has 130 valence electrons. The average Bonchev–Trinajstić information content (AvgIpc) is 2.53. The summed E-state index contributed by atoms with van der Waals surface area (Å²) in [4.78, 5) is 24.0. The van der Waals surface area contributed by atoms with E-state index in [0.29, 0.717) is 11.3 Å². The lowest BCUT2D eigenvalue weighted by molar-refractivity contribution is -0.111. The fourth-order valence-electron chi connectivity index (χ4n) is 2.07. The highest BCUT2D eigenvalue weighted by molar-refractivity contribution is 9.10. The minimum atomic E-state index is -0.682. The lowest BCUT2D eigenvalue weighted by Crippen LogP contribution is -2.15. The number of aryl methyl sites for hydroxylation is 1. The summed E-state index contributed by atoms with van der Waals surface area (Å²) >= 11 is 3.13. The Balaban J connectivity index is 2.29. The van der Waals surface area contributed by atoms with Crippen LogP contribution in [0.3, 0.4) is 0 Å². The van der Waals surface area contributed by atoms with Crippen LogP contribution in [0.5, 0.6) is 0 Å². The Morgan fingerprint density at radius 2 is 1.80 bits per heavy atom. The van der Waals surface area contributed by atoms with E-state index in [1.807, 2.05) is 0 Å². The summed E-state index contributed by atoms with van der Waals surface area (Å²) in [5.41, 5.74) is 0.792. The number of carbonyl (C=O) groups is 2. The first-order valence-electron chi connectivity index (χ1n) is 7.32. The minimum Gasteiger partial charge on any atom is -0.322 e. The molecule has 0 saturated heterocycles. The van der Waals surface area contributed by atoms with Crippen molar-refractivity contribution in [1.82, 2.24) is 0 Å². The molecule has 0 spiro atoms. The molecule has 0 bridgehead atoms. The second-order valence-electron chi connectivity index (χ2n) is 5.22. The molecule has 2 aromatic carbocycles. The maximum atomic E-state index is 14.0. The molecule has 0 aliphatic rings. The normalized spacial score (nSPS) is 10.8. The van der Waals surface area contributed by atoms with E-state index >= 15 is 0 Å². The van der Waals surface area contributed by atoms with Crippen molar-refractivity contribution >= 4 is 39.1 Å². The van der Waals surface area contributed by atoms with Gasteiger partial charge in [-0.15, -0.1) is 0 Å². The summed E-state index contributed by atoms with van der Waals surface area (Å²) < 4.78 is 27.5. The van der Waals surface area contributed by atoms with Crippen LogP contribution in [-0.4, -0.2) is 11.8 Å². The second kappa shape index (κ2) is 8.02. The maximum absolute atomic E-state index is 14.0. The summed E-state index contributed by atoms with van der Waals surface area (Å²) in [6, 6.07) is 6.47. The van der Waals surface area contributed by atoms with E-state index in [0.717, 1.165) is 6.07 Å². The zero-order valence-corrected chi connectivity index (χ0v) is 15.1. The second-order valence-corrected chi connectivity index (χ2v) is 6.07. The molecule has 0 aliphatic carbocycles. The smallest absolute Gasteiger partial charge is 0.256 e. The largest absolute Gasteiger partial charge is 0.322 e. The van der Waals surface area contributed by atoms with E-state index in [1.54, 1.807) is 13.8 Å². The van der Waals surface area contributed by atoms with Gasteiger partial charge in [-0.25, -0.2) is 8.78 Å². The first kappa shape index (κ1) is 18.8. The Labute approximate surface area is 152 Å². The highest BCUT2D eigenvalue weighted by Gasteiger charge is 2.16. The van der Waals surface area contributed by atoms with Crippen LogP contribution in [0.1, 0.15) is 22.8 Å². The van der Waals surface area contributed by atoms with Crippen LogP contribution in [0.4, 0.5) is 20.2 Å². The molecule has 7 heteroatoms. The zero-order valence-electron chi connectivity index (χ0n) is 13.5. The van der Waals surface area contributed by atoms with Crippen molar-refractivity contribution in [1.29, 1.82) is 0 Å². The number of benzene rings is 2. The molecule has 2 aromatic rings. The van der Waals surface area contributed by atoms with E-state index < -0.39 is 17.6 Å². The van der Waals surface area contributed by atoms with Crippen LogP contribution in [0.15, 0.2) is 47.0 Å². The van der Waals surface area contributed by atoms with E-state index in [2.05, 4.69) is 26.6 Å². The van der Waals surface area contributed by atoms with Gasteiger partial charge in [-0.3, -0.25) is 9.59 Å². The fraction of sp³-hybridized carbons (Fsp3) is 0.111. The van der Waals surface area contributed by atoms with Crippen molar-refractivity contribution in [3.05, 3.63) is 69.7 Å². The van der Waals surface area contributed by atoms with Gasteiger partial charge in [-0.2, -0.15) is 0 Å². The van der Waals surface area contributed by atoms with Crippen molar-refractivity contribution in [2.75, 3.05) is 10.6 Å². The van der Waals surface area contributed by atoms with Crippen molar-refractivity contribution in [2.24, 2.45) is 0 Å². The van der Waals surface area contributed by atoms with Crippen molar-refractivity contribution in [3.8, 4) is 0 Å². The molecular formula is C18H15BrF2N2O2. The molecule has 2 amide bonds. The maximum Gasteiger partial charge on any atom is 0.256 e. The van der Waals surface area contributed by atoms with E-state index in [-0.39, 0.29) is 21.5 Å². The number of hydrogen-bond acceptors (Lipinski definition) is 2. The van der Waals surface area contributed by atoms with Gasteiger partial charge in [0, 0.05) is 10.2 Å². The van der Waals surface area contributed by atoms with Gasteiger partial charge in [0.2, 0.25) is 5.91 Å². The average molecular weight is 409 g/mol. The number of nitrogens with one attached hydrogen (secondary N) is 2. The van der Waals surface area contributed by atoms with Crippen molar-refractivity contribution in [2.45, 2.75) is 13.8 Å². The Bertz CT molecular complexity index is 866. The molecule has 25 heavy (non-hydrogen) atoms. The van der Waals surface area contributed by atoms with Gasteiger partial charge in [0.15, 0.2) is 0 Å². The summed E-state index contributed by atoms with van der Waals surface area (Å²) in [6.45, 7) is 3.23. The fourth-order valence-corrected chi connectivity index (χ4v) is 2.56. The van der Waals surface area contributed by atoms with E-state index in [4.69, 9.17) is 0 Å². The third kappa shape index (κ3) is 4.73.